The Morgan fingerprint density at radius 3 is 2.93 bits per heavy atom. The molecule has 0 aliphatic carbocycles. The van der Waals surface area contributed by atoms with Gasteiger partial charge in [-0.15, -0.1) is 0 Å². The summed E-state index contributed by atoms with van der Waals surface area (Å²) < 4.78 is 4.93. The van der Waals surface area contributed by atoms with Crippen molar-refractivity contribution in [3.05, 3.63) is 28.8 Å². The Kier molecular flexibility index (Phi) is 4.96. The lowest BCUT2D eigenvalue weighted by molar-refractivity contribution is 0.198. The average molecular weight is 225 g/mol. The van der Waals surface area contributed by atoms with Crippen molar-refractivity contribution in [3.8, 4) is 6.07 Å². The molecule has 0 heterocycles. The van der Waals surface area contributed by atoms with Gasteiger partial charge in [-0.25, -0.2) is 0 Å². The van der Waals surface area contributed by atoms with Gasteiger partial charge in [0.1, 0.15) is 0 Å². The first kappa shape index (κ1) is 11.8. The van der Waals surface area contributed by atoms with E-state index >= 15 is 0 Å². The number of ether oxygens (including phenoxy) is 1. The Hall–Kier alpha value is -1.24. The molecule has 15 heavy (non-hydrogen) atoms. The van der Waals surface area contributed by atoms with Crippen molar-refractivity contribution in [1.29, 1.82) is 5.26 Å². The number of hydrogen-bond donors (Lipinski definition) is 1. The van der Waals surface area contributed by atoms with Crippen molar-refractivity contribution < 1.29 is 4.74 Å². The van der Waals surface area contributed by atoms with Gasteiger partial charge in [-0.1, -0.05) is 11.6 Å². The molecule has 0 radical (unpaired) electrons. The molecule has 3 nitrogen and oxygen atoms in total. The zero-order valence-corrected chi connectivity index (χ0v) is 9.34. The van der Waals surface area contributed by atoms with Gasteiger partial charge in [0.2, 0.25) is 0 Å². The molecule has 0 unspecified atom stereocenters. The van der Waals surface area contributed by atoms with Crippen LogP contribution >= 0.6 is 11.6 Å². The van der Waals surface area contributed by atoms with Gasteiger partial charge in [0.15, 0.2) is 0 Å². The molecule has 1 rings (SSSR count). The molecule has 4 heteroatoms. The largest absolute Gasteiger partial charge is 0.385 e. The maximum absolute atomic E-state index is 8.65. The predicted octanol–water partition coefficient (Wildman–Crippen LogP) is 2.66. The van der Waals surface area contributed by atoms with Crippen LogP contribution in [-0.4, -0.2) is 20.3 Å². The Labute approximate surface area is 94.6 Å². The van der Waals surface area contributed by atoms with E-state index in [1.54, 1.807) is 19.2 Å². The molecule has 0 amide bonds. The molecule has 0 aromatic heterocycles. The highest BCUT2D eigenvalue weighted by molar-refractivity contribution is 6.33. The number of methoxy groups -OCH3 is 1. The molecule has 0 aliphatic heterocycles. The first-order valence-electron chi connectivity index (χ1n) is 4.70. The summed E-state index contributed by atoms with van der Waals surface area (Å²) in [5.74, 6) is 0. The standard InChI is InChI=1S/C11H13ClN2O/c1-15-6-2-5-14-11-4-3-9(8-13)7-10(11)12/h3-4,7,14H,2,5-6H2,1H3. The minimum absolute atomic E-state index is 0.572. The zero-order chi connectivity index (χ0) is 11.1. The maximum Gasteiger partial charge on any atom is 0.0992 e. The molecule has 1 aromatic rings. The van der Waals surface area contributed by atoms with Crippen LogP contribution in [0.3, 0.4) is 0 Å². The van der Waals surface area contributed by atoms with E-state index in [9.17, 15) is 0 Å². The fourth-order valence-electron chi connectivity index (χ4n) is 1.17. The molecular formula is C11H13ClN2O. The van der Waals surface area contributed by atoms with Crippen molar-refractivity contribution in [2.45, 2.75) is 6.42 Å². The number of rotatable bonds is 5. The van der Waals surface area contributed by atoms with Crippen LogP contribution in [0, 0.1) is 11.3 Å². The Morgan fingerprint density at radius 1 is 1.53 bits per heavy atom. The molecule has 80 valence electrons. The number of nitrogens with one attached hydrogen (secondary N) is 1. The molecule has 0 spiro atoms. The number of hydrogen-bond acceptors (Lipinski definition) is 3. The normalized spacial score (nSPS) is 9.67. The van der Waals surface area contributed by atoms with Crippen molar-refractivity contribution in [2.24, 2.45) is 0 Å². The van der Waals surface area contributed by atoms with Crippen LogP contribution in [0.15, 0.2) is 18.2 Å². The summed E-state index contributed by atoms with van der Waals surface area (Å²) in [5, 5.41) is 12.4. The van der Waals surface area contributed by atoms with Gasteiger partial charge in [0.25, 0.3) is 0 Å². The zero-order valence-electron chi connectivity index (χ0n) is 8.59. The second-order valence-electron chi connectivity index (χ2n) is 3.08. The van der Waals surface area contributed by atoms with E-state index in [4.69, 9.17) is 21.6 Å². The number of anilines is 1. The van der Waals surface area contributed by atoms with Crippen LogP contribution in [0.4, 0.5) is 5.69 Å². The third kappa shape index (κ3) is 3.78. The van der Waals surface area contributed by atoms with Gasteiger partial charge < -0.3 is 10.1 Å². The van der Waals surface area contributed by atoms with E-state index < -0.39 is 0 Å². The summed E-state index contributed by atoms with van der Waals surface area (Å²) in [5.41, 5.74) is 1.43. The molecule has 0 aliphatic rings. The van der Waals surface area contributed by atoms with Gasteiger partial charge in [0.05, 0.1) is 22.3 Å². The molecule has 0 atom stereocenters. The van der Waals surface area contributed by atoms with E-state index in [0.717, 1.165) is 25.3 Å². The number of benzene rings is 1. The minimum Gasteiger partial charge on any atom is -0.385 e. The minimum atomic E-state index is 0.572. The number of nitriles is 1. The second-order valence-corrected chi connectivity index (χ2v) is 3.49. The first-order chi connectivity index (χ1) is 7.27. The van der Waals surface area contributed by atoms with Gasteiger partial charge >= 0.3 is 0 Å². The highest BCUT2D eigenvalue weighted by Crippen LogP contribution is 2.22. The SMILES string of the molecule is COCCCNc1ccc(C#N)cc1Cl. The van der Waals surface area contributed by atoms with E-state index in [2.05, 4.69) is 5.32 Å². The van der Waals surface area contributed by atoms with E-state index in [1.165, 1.54) is 0 Å². The first-order valence-corrected chi connectivity index (χ1v) is 5.08. The molecule has 0 saturated heterocycles. The summed E-state index contributed by atoms with van der Waals surface area (Å²) in [6.07, 6.45) is 0.923. The van der Waals surface area contributed by atoms with Gasteiger partial charge in [-0.05, 0) is 24.6 Å². The third-order valence-corrected chi connectivity index (χ3v) is 2.25. The molecule has 0 saturated carbocycles. The van der Waals surface area contributed by atoms with Crippen LogP contribution in [0.25, 0.3) is 0 Å². The number of nitrogens with zero attached hydrogens (tertiary/aromatic N) is 1. The molecule has 1 aromatic carbocycles. The summed E-state index contributed by atoms with van der Waals surface area (Å²) in [6, 6.07) is 7.25. The van der Waals surface area contributed by atoms with Crippen LogP contribution in [0.1, 0.15) is 12.0 Å². The van der Waals surface area contributed by atoms with E-state index in [-0.39, 0.29) is 0 Å². The van der Waals surface area contributed by atoms with Crippen molar-refractivity contribution in [1.82, 2.24) is 0 Å². The Bertz CT molecular complexity index is 360. The lowest BCUT2D eigenvalue weighted by Gasteiger charge is -2.07. The highest BCUT2D eigenvalue weighted by atomic mass is 35.5. The van der Waals surface area contributed by atoms with Gasteiger partial charge in [0, 0.05) is 20.3 Å². The van der Waals surface area contributed by atoms with Gasteiger partial charge in [-0.2, -0.15) is 5.26 Å². The molecule has 1 N–H and O–H groups in total. The van der Waals surface area contributed by atoms with Crippen LogP contribution in [0.5, 0.6) is 0 Å². The van der Waals surface area contributed by atoms with Crippen LogP contribution in [0.2, 0.25) is 5.02 Å². The fourth-order valence-corrected chi connectivity index (χ4v) is 1.41. The summed E-state index contributed by atoms with van der Waals surface area (Å²) in [4.78, 5) is 0. The molecule has 0 fully saturated rings. The topological polar surface area (TPSA) is 45.0 Å². The lowest BCUT2D eigenvalue weighted by Crippen LogP contribution is -2.04. The highest BCUT2D eigenvalue weighted by Gasteiger charge is 2.00. The lowest BCUT2D eigenvalue weighted by atomic mass is 10.2. The fraction of sp³-hybridized carbons (Fsp3) is 0.364. The third-order valence-electron chi connectivity index (χ3n) is 1.94. The summed E-state index contributed by atoms with van der Waals surface area (Å²) in [6.45, 7) is 1.53. The van der Waals surface area contributed by atoms with E-state index in [0.29, 0.717) is 10.6 Å². The monoisotopic (exact) mass is 224 g/mol. The molecule has 0 bridgehead atoms. The van der Waals surface area contributed by atoms with E-state index in [1.807, 2.05) is 12.1 Å². The summed E-state index contributed by atoms with van der Waals surface area (Å²) >= 11 is 5.98. The average Bonchev–Trinajstić information content (AvgIpc) is 2.26. The van der Waals surface area contributed by atoms with Crippen LogP contribution < -0.4 is 5.32 Å². The van der Waals surface area contributed by atoms with Crippen molar-refractivity contribution in [2.75, 3.05) is 25.6 Å². The second kappa shape index (κ2) is 6.28. The summed E-state index contributed by atoms with van der Waals surface area (Å²) in [7, 11) is 1.68. The van der Waals surface area contributed by atoms with Crippen molar-refractivity contribution >= 4 is 17.3 Å². The Morgan fingerprint density at radius 2 is 2.33 bits per heavy atom. The maximum atomic E-state index is 8.65. The number of halogens is 1. The predicted molar refractivity (Wildman–Crippen MR) is 61.1 cm³/mol. The quantitative estimate of drug-likeness (QED) is 0.783. The van der Waals surface area contributed by atoms with Gasteiger partial charge in [-0.3, -0.25) is 0 Å². The van der Waals surface area contributed by atoms with Crippen molar-refractivity contribution in [3.63, 3.8) is 0 Å². The molecular weight excluding hydrogens is 212 g/mol. The Balaban J connectivity index is 2.52. The van der Waals surface area contributed by atoms with Crippen LogP contribution in [-0.2, 0) is 4.74 Å². The smallest absolute Gasteiger partial charge is 0.0992 e.